The highest BCUT2D eigenvalue weighted by atomic mass is 35.5. The lowest BCUT2D eigenvalue weighted by Gasteiger charge is -2.14. The number of rotatable bonds is 3. The molecular formula is C14H14ClN5O2. The van der Waals surface area contributed by atoms with Gasteiger partial charge in [0, 0.05) is 17.8 Å². The van der Waals surface area contributed by atoms with E-state index in [1.807, 2.05) is 13.8 Å². The normalized spacial score (nSPS) is 11.3. The quantitative estimate of drug-likeness (QED) is 0.760. The van der Waals surface area contributed by atoms with Gasteiger partial charge in [-0.3, -0.25) is 0 Å². The van der Waals surface area contributed by atoms with E-state index in [4.69, 9.17) is 32.2 Å². The Kier molecular flexibility index (Phi) is 3.50. The molecule has 114 valence electrons. The third-order valence-electron chi connectivity index (χ3n) is 3.15. The number of pyridine rings is 1. The molecule has 7 nitrogen and oxygen atoms in total. The predicted molar refractivity (Wildman–Crippen MR) is 84.0 cm³/mol. The van der Waals surface area contributed by atoms with Crippen molar-refractivity contribution in [2.75, 3.05) is 11.5 Å². The first-order valence-electron chi connectivity index (χ1n) is 6.59. The highest BCUT2D eigenvalue weighted by Crippen LogP contribution is 2.39. The van der Waals surface area contributed by atoms with Gasteiger partial charge in [-0.2, -0.15) is 4.98 Å². The molecule has 0 saturated carbocycles. The van der Waals surface area contributed by atoms with Crippen molar-refractivity contribution >= 4 is 34.5 Å². The number of furan rings is 1. The third kappa shape index (κ3) is 2.50. The molecule has 0 aromatic carbocycles. The molecule has 3 rings (SSSR count). The zero-order chi connectivity index (χ0) is 15.9. The first-order chi connectivity index (χ1) is 10.5. The molecule has 0 atom stereocenters. The molecule has 0 aliphatic carbocycles. The number of aromatic nitrogens is 3. The third-order valence-corrected chi connectivity index (χ3v) is 3.33. The molecule has 22 heavy (non-hydrogen) atoms. The average Bonchev–Trinajstić information content (AvgIpc) is 2.82. The average molecular weight is 320 g/mol. The van der Waals surface area contributed by atoms with Crippen LogP contribution < -0.4 is 16.2 Å². The Morgan fingerprint density at radius 1 is 1.23 bits per heavy atom. The summed E-state index contributed by atoms with van der Waals surface area (Å²) in [4.78, 5) is 12.0. The molecule has 3 aromatic heterocycles. The lowest BCUT2D eigenvalue weighted by Crippen LogP contribution is -2.03. The standard InChI is InChI=1S/C14H14ClN5O2/c1-6(2)8-4-18-13-7(3-10(15)22-13)11(8)21-9-5-19-14(17)20-12(9)16/h3-6H,1-2H3,(H4,16,17,19,20). The molecule has 0 amide bonds. The highest BCUT2D eigenvalue weighted by molar-refractivity contribution is 6.29. The van der Waals surface area contributed by atoms with E-state index >= 15 is 0 Å². The van der Waals surface area contributed by atoms with E-state index in [-0.39, 0.29) is 22.9 Å². The first-order valence-corrected chi connectivity index (χ1v) is 6.97. The van der Waals surface area contributed by atoms with Crippen molar-refractivity contribution in [3.05, 3.63) is 29.2 Å². The molecule has 8 heteroatoms. The molecule has 4 N–H and O–H groups in total. The molecule has 3 aromatic rings. The van der Waals surface area contributed by atoms with Crippen LogP contribution in [0, 0.1) is 0 Å². The van der Waals surface area contributed by atoms with Gasteiger partial charge in [0.05, 0.1) is 11.6 Å². The molecule has 0 aliphatic heterocycles. The number of nitrogens with zero attached hydrogens (tertiary/aromatic N) is 3. The van der Waals surface area contributed by atoms with Crippen LogP contribution in [-0.4, -0.2) is 15.0 Å². The number of hydrogen-bond acceptors (Lipinski definition) is 7. The number of nitrogens with two attached hydrogens (primary N) is 2. The lowest BCUT2D eigenvalue weighted by molar-refractivity contribution is 0.475. The van der Waals surface area contributed by atoms with E-state index in [1.54, 1.807) is 12.3 Å². The largest absolute Gasteiger partial charge is 0.451 e. The van der Waals surface area contributed by atoms with E-state index in [2.05, 4.69) is 15.0 Å². The van der Waals surface area contributed by atoms with Gasteiger partial charge < -0.3 is 20.6 Å². The fraction of sp³-hybridized carbons (Fsp3) is 0.214. The SMILES string of the molecule is CC(C)c1cnc2oc(Cl)cc2c1Oc1cnc(N)nc1N. The first kappa shape index (κ1) is 14.4. The van der Waals surface area contributed by atoms with E-state index < -0.39 is 0 Å². The monoisotopic (exact) mass is 319 g/mol. The van der Waals surface area contributed by atoms with Crippen LogP contribution in [0.4, 0.5) is 11.8 Å². The van der Waals surface area contributed by atoms with Crippen molar-refractivity contribution < 1.29 is 9.15 Å². The number of fused-ring (bicyclic) bond motifs is 1. The lowest BCUT2D eigenvalue weighted by atomic mass is 10.0. The van der Waals surface area contributed by atoms with Crippen LogP contribution in [0.15, 0.2) is 22.9 Å². The van der Waals surface area contributed by atoms with Crippen LogP contribution in [0.25, 0.3) is 11.1 Å². The minimum Gasteiger partial charge on any atom is -0.451 e. The minimum absolute atomic E-state index is 0.0835. The number of nitrogen functional groups attached to an aromatic ring is 2. The molecule has 0 radical (unpaired) electrons. The Hall–Kier alpha value is -2.54. The van der Waals surface area contributed by atoms with Crippen LogP contribution >= 0.6 is 11.6 Å². The van der Waals surface area contributed by atoms with Crippen LogP contribution in [-0.2, 0) is 0 Å². The van der Waals surface area contributed by atoms with Gasteiger partial charge in [0.25, 0.3) is 0 Å². The summed E-state index contributed by atoms with van der Waals surface area (Å²) in [6.45, 7) is 4.06. The van der Waals surface area contributed by atoms with Crippen LogP contribution in [0.5, 0.6) is 11.5 Å². The Morgan fingerprint density at radius 3 is 2.68 bits per heavy atom. The van der Waals surface area contributed by atoms with Crippen molar-refractivity contribution in [3.63, 3.8) is 0 Å². The zero-order valence-corrected chi connectivity index (χ0v) is 12.8. The van der Waals surface area contributed by atoms with Gasteiger partial charge in [0.15, 0.2) is 16.8 Å². The summed E-state index contributed by atoms with van der Waals surface area (Å²) < 4.78 is 11.2. The van der Waals surface area contributed by atoms with E-state index in [1.165, 1.54) is 6.20 Å². The zero-order valence-electron chi connectivity index (χ0n) is 12.0. The Bertz CT molecular complexity index is 847. The maximum atomic E-state index is 5.92. The molecule has 3 heterocycles. The summed E-state index contributed by atoms with van der Waals surface area (Å²) in [6.07, 6.45) is 3.12. The van der Waals surface area contributed by atoms with Gasteiger partial charge in [-0.15, -0.1) is 0 Å². The number of anilines is 2. The summed E-state index contributed by atoms with van der Waals surface area (Å²) in [6, 6.07) is 1.65. The molecule has 0 unspecified atom stereocenters. The maximum absolute atomic E-state index is 5.92. The molecule has 0 fully saturated rings. The number of halogens is 1. The molecule has 0 aliphatic rings. The van der Waals surface area contributed by atoms with Crippen molar-refractivity contribution in [1.82, 2.24) is 15.0 Å². The summed E-state index contributed by atoms with van der Waals surface area (Å²) in [5.41, 5.74) is 12.6. The van der Waals surface area contributed by atoms with Crippen molar-refractivity contribution in [3.8, 4) is 11.5 Å². The summed E-state index contributed by atoms with van der Waals surface area (Å²) >= 11 is 5.91. The van der Waals surface area contributed by atoms with Gasteiger partial charge in [-0.1, -0.05) is 13.8 Å². The summed E-state index contributed by atoms with van der Waals surface area (Å²) in [5, 5.41) is 0.891. The second kappa shape index (κ2) is 5.34. The van der Waals surface area contributed by atoms with Gasteiger partial charge in [0.2, 0.25) is 11.7 Å². The van der Waals surface area contributed by atoms with Crippen molar-refractivity contribution in [1.29, 1.82) is 0 Å². The topological polar surface area (TPSA) is 113 Å². The maximum Gasteiger partial charge on any atom is 0.231 e. The van der Waals surface area contributed by atoms with Gasteiger partial charge in [-0.25, -0.2) is 9.97 Å². The Labute approximate surface area is 131 Å². The van der Waals surface area contributed by atoms with Gasteiger partial charge >= 0.3 is 0 Å². The van der Waals surface area contributed by atoms with Crippen molar-refractivity contribution in [2.24, 2.45) is 0 Å². The molecule has 0 saturated heterocycles. The summed E-state index contributed by atoms with van der Waals surface area (Å²) in [7, 11) is 0. The van der Waals surface area contributed by atoms with Gasteiger partial charge in [0.1, 0.15) is 5.75 Å². The second-order valence-electron chi connectivity index (χ2n) is 5.05. The van der Waals surface area contributed by atoms with E-state index in [0.717, 1.165) is 5.56 Å². The van der Waals surface area contributed by atoms with Gasteiger partial charge in [-0.05, 0) is 17.5 Å². The van der Waals surface area contributed by atoms with Crippen LogP contribution in [0.3, 0.4) is 0 Å². The van der Waals surface area contributed by atoms with Crippen molar-refractivity contribution in [2.45, 2.75) is 19.8 Å². The molecular weight excluding hydrogens is 306 g/mol. The summed E-state index contributed by atoms with van der Waals surface area (Å²) in [5.74, 6) is 1.29. The van der Waals surface area contributed by atoms with E-state index in [9.17, 15) is 0 Å². The second-order valence-corrected chi connectivity index (χ2v) is 5.42. The smallest absolute Gasteiger partial charge is 0.231 e. The fourth-order valence-electron chi connectivity index (χ4n) is 2.06. The fourth-order valence-corrected chi connectivity index (χ4v) is 2.25. The highest BCUT2D eigenvalue weighted by Gasteiger charge is 2.18. The molecule has 0 bridgehead atoms. The Balaban J connectivity index is 2.16. The Morgan fingerprint density at radius 2 is 2.00 bits per heavy atom. The van der Waals surface area contributed by atoms with E-state index in [0.29, 0.717) is 22.6 Å². The minimum atomic E-state index is 0.0835. The molecule has 0 spiro atoms. The van der Waals surface area contributed by atoms with Crippen LogP contribution in [0.2, 0.25) is 5.22 Å². The van der Waals surface area contributed by atoms with Crippen LogP contribution in [0.1, 0.15) is 25.3 Å². The predicted octanol–water partition coefficient (Wildman–Crippen LogP) is 3.35. The number of ether oxygens (including phenoxy) is 1. The number of hydrogen-bond donors (Lipinski definition) is 2.